The van der Waals surface area contributed by atoms with Crippen molar-refractivity contribution in [3.63, 3.8) is 0 Å². The van der Waals surface area contributed by atoms with E-state index < -0.39 is 0 Å². The Bertz CT molecular complexity index is 1050. The summed E-state index contributed by atoms with van der Waals surface area (Å²) < 4.78 is 0. The summed E-state index contributed by atoms with van der Waals surface area (Å²) in [7, 11) is 0. The lowest BCUT2D eigenvalue weighted by Gasteiger charge is -2.35. The summed E-state index contributed by atoms with van der Waals surface area (Å²) in [5, 5.41) is 24.0. The molecule has 2 nitrogen and oxygen atoms in total. The van der Waals surface area contributed by atoms with Crippen LogP contribution in [0, 0.1) is 5.92 Å². The Morgan fingerprint density at radius 1 is 0.538 bits per heavy atom. The van der Waals surface area contributed by atoms with Crippen molar-refractivity contribution in [2.75, 3.05) is 0 Å². The highest BCUT2D eigenvalue weighted by atomic mass is 16.3. The first-order chi connectivity index (χ1) is 17.8. The standard InChI is InChI=1S/C37H60O2/c1-15-34(7,8)25-20-28(32(38)30(22-25)36(11,12)17-3)27(19-24(5)6)29-21-26(35(9,10)16-2)23-31(33(29)39)37(13,14)18-4/h20-24,27,38-39H,15-19H2,1-14H3. The molecular weight excluding hydrogens is 476 g/mol. The number of hydrogen-bond donors (Lipinski definition) is 2. The molecule has 0 saturated heterocycles. The molecule has 2 aromatic rings. The Labute approximate surface area is 241 Å². The second-order valence-corrected chi connectivity index (χ2v) is 15.1. The molecule has 0 saturated carbocycles. The highest BCUT2D eigenvalue weighted by Crippen LogP contribution is 2.50. The van der Waals surface area contributed by atoms with Gasteiger partial charge in [-0.3, -0.25) is 0 Å². The second kappa shape index (κ2) is 11.9. The maximum atomic E-state index is 12.0. The molecule has 0 aliphatic carbocycles. The topological polar surface area (TPSA) is 40.5 Å². The van der Waals surface area contributed by atoms with E-state index in [1.165, 1.54) is 11.1 Å². The average Bonchev–Trinajstić information content (AvgIpc) is 2.87. The first-order valence-electron chi connectivity index (χ1n) is 15.5. The molecule has 0 atom stereocenters. The van der Waals surface area contributed by atoms with E-state index in [0.717, 1.165) is 54.4 Å². The van der Waals surface area contributed by atoms with Gasteiger partial charge in [-0.05, 0) is 70.8 Å². The molecule has 220 valence electrons. The predicted molar refractivity (Wildman–Crippen MR) is 171 cm³/mol. The van der Waals surface area contributed by atoms with Gasteiger partial charge in [-0.1, -0.05) is 121 Å². The molecule has 0 heterocycles. The van der Waals surface area contributed by atoms with E-state index >= 15 is 0 Å². The molecule has 0 bridgehead atoms. The predicted octanol–water partition coefficient (Wildman–Crippen LogP) is 11.0. The molecule has 0 aromatic heterocycles. The van der Waals surface area contributed by atoms with Crippen LogP contribution in [0.3, 0.4) is 0 Å². The minimum atomic E-state index is -0.162. The van der Waals surface area contributed by atoms with Crippen molar-refractivity contribution in [3.8, 4) is 11.5 Å². The summed E-state index contributed by atoms with van der Waals surface area (Å²) in [5.74, 6) is 1.09. The van der Waals surface area contributed by atoms with Crippen molar-refractivity contribution >= 4 is 0 Å². The van der Waals surface area contributed by atoms with Crippen LogP contribution in [-0.2, 0) is 21.7 Å². The molecule has 0 aliphatic heterocycles. The fourth-order valence-corrected chi connectivity index (χ4v) is 5.34. The van der Waals surface area contributed by atoms with Crippen molar-refractivity contribution in [1.82, 2.24) is 0 Å². The summed E-state index contributed by atoms with van der Waals surface area (Å²) >= 11 is 0. The molecule has 0 amide bonds. The fraction of sp³-hybridized carbons (Fsp3) is 0.676. The molecule has 0 aliphatic rings. The molecule has 2 aromatic carbocycles. The van der Waals surface area contributed by atoms with E-state index in [-0.39, 0.29) is 27.6 Å². The normalized spacial score (nSPS) is 13.5. The zero-order valence-electron chi connectivity index (χ0n) is 27.9. The number of phenolic OH excluding ortho intramolecular Hbond substituents is 2. The average molecular weight is 537 g/mol. The molecule has 0 spiro atoms. The number of phenols is 2. The zero-order valence-corrected chi connectivity index (χ0v) is 27.9. The number of benzene rings is 2. The maximum Gasteiger partial charge on any atom is 0.123 e. The van der Waals surface area contributed by atoms with Gasteiger partial charge in [0.25, 0.3) is 0 Å². The van der Waals surface area contributed by atoms with Crippen LogP contribution >= 0.6 is 0 Å². The van der Waals surface area contributed by atoms with Gasteiger partial charge in [0.15, 0.2) is 0 Å². The first-order valence-corrected chi connectivity index (χ1v) is 15.5. The third kappa shape index (κ3) is 6.86. The Kier molecular flexibility index (Phi) is 10.1. The van der Waals surface area contributed by atoms with Crippen molar-refractivity contribution in [1.29, 1.82) is 0 Å². The first kappa shape index (κ1) is 33.2. The lowest BCUT2D eigenvalue weighted by atomic mass is 9.70. The molecule has 0 unspecified atom stereocenters. The third-order valence-corrected chi connectivity index (χ3v) is 10.3. The molecule has 39 heavy (non-hydrogen) atoms. The minimum absolute atomic E-state index is 0.0210. The van der Waals surface area contributed by atoms with Crippen molar-refractivity contribution in [2.45, 2.75) is 157 Å². The van der Waals surface area contributed by atoms with Gasteiger partial charge in [0.1, 0.15) is 11.5 Å². The molecule has 2 N–H and O–H groups in total. The molecule has 2 rings (SSSR count). The number of aromatic hydroxyl groups is 2. The summed E-state index contributed by atoms with van der Waals surface area (Å²) in [5.41, 5.74) is 6.12. The molecule has 0 fully saturated rings. The van der Waals surface area contributed by atoms with Crippen LogP contribution in [0.4, 0.5) is 0 Å². The van der Waals surface area contributed by atoms with E-state index in [2.05, 4.69) is 121 Å². The van der Waals surface area contributed by atoms with Gasteiger partial charge in [-0.15, -0.1) is 0 Å². The van der Waals surface area contributed by atoms with Crippen LogP contribution in [0.2, 0.25) is 0 Å². The lowest BCUT2D eigenvalue weighted by Crippen LogP contribution is -2.23. The van der Waals surface area contributed by atoms with E-state index in [0.29, 0.717) is 17.4 Å². The largest absolute Gasteiger partial charge is 0.507 e. The second-order valence-electron chi connectivity index (χ2n) is 15.1. The monoisotopic (exact) mass is 536 g/mol. The molecule has 2 heteroatoms. The van der Waals surface area contributed by atoms with Crippen LogP contribution in [0.25, 0.3) is 0 Å². The highest BCUT2D eigenvalue weighted by molar-refractivity contribution is 5.57. The zero-order chi connectivity index (χ0) is 30.1. The van der Waals surface area contributed by atoms with E-state index in [9.17, 15) is 10.2 Å². The summed E-state index contributed by atoms with van der Waals surface area (Å²) in [6.07, 6.45) is 4.75. The van der Waals surface area contributed by atoms with Crippen LogP contribution in [0.1, 0.15) is 168 Å². The lowest BCUT2D eigenvalue weighted by molar-refractivity contribution is 0.401. The van der Waals surface area contributed by atoms with Crippen LogP contribution in [0.15, 0.2) is 24.3 Å². The van der Waals surface area contributed by atoms with Gasteiger partial charge < -0.3 is 10.2 Å². The SMILES string of the molecule is CCC(C)(C)c1cc(C(CC(C)C)c2cc(C(C)(C)CC)cc(C(C)(C)CC)c2O)c(O)c(C(C)(C)CC)c1. The maximum absolute atomic E-state index is 12.0. The van der Waals surface area contributed by atoms with Crippen LogP contribution in [0.5, 0.6) is 11.5 Å². The number of rotatable bonds is 12. The van der Waals surface area contributed by atoms with Gasteiger partial charge in [0, 0.05) is 28.2 Å². The minimum Gasteiger partial charge on any atom is -0.507 e. The van der Waals surface area contributed by atoms with Gasteiger partial charge in [0.2, 0.25) is 0 Å². The Morgan fingerprint density at radius 2 is 0.846 bits per heavy atom. The Hall–Kier alpha value is -1.96. The summed E-state index contributed by atoms with van der Waals surface area (Å²) in [4.78, 5) is 0. The van der Waals surface area contributed by atoms with E-state index in [1.54, 1.807) is 0 Å². The number of hydrogen-bond acceptors (Lipinski definition) is 2. The van der Waals surface area contributed by atoms with Gasteiger partial charge in [-0.25, -0.2) is 0 Å². The Morgan fingerprint density at radius 3 is 1.10 bits per heavy atom. The highest BCUT2D eigenvalue weighted by Gasteiger charge is 2.35. The van der Waals surface area contributed by atoms with E-state index in [4.69, 9.17) is 0 Å². The Balaban J connectivity index is 3.10. The quantitative estimate of drug-likeness (QED) is 0.283. The molecule has 0 radical (unpaired) electrons. The molecular formula is C37H60O2. The van der Waals surface area contributed by atoms with Crippen molar-refractivity contribution in [2.24, 2.45) is 5.92 Å². The van der Waals surface area contributed by atoms with E-state index in [1.807, 2.05) is 0 Å². The van der Waals surface area contributed by atoms with Crippen LogP contribution in [-0.4, -0.2) is 10.2 Å². The van der Waals surface area contributed by atoms with Gasteiger partial charge in [-0.2, -0.15) is 0 Å². The summed E-state index contributed by atoms with van der Waals surface area (Å²) in [6.45, 7) is 31.5. The summed E-state index contributed by atoms with van der Waals surface area (Å²) in [6, 6.07) is 9.01. The smallest absolute Gasteiger partial charge is 0.123 e. The third-order valence-electron chi connectivity index (χ3n) is 10.3. The fourth-order valence-electron chi connectivity index (χ4n) is 5.34. The van der Waals surface area contributed by atoms with Gasteiger partial charge in [0.05, 0.1) is 0 Å². The van der Waals surface area contributed by atoms with Crippen molar-refractivity contribution < 1.29 is 10.2 Å². The van der Waals surface area contributed by atoms with Gasteiger partial charge >= 0.3 is 0 Å². The van der Waals surface area contributed by atoms with Crippen molar-refractivity contribution in [3.05, 3.63) is 57.6 Å². The van der Waals surface area contributed by atoms with Crippen LogP contribution < -0.4 is 0 Å².